The van der Waals surface area contributed by atoms with E-state index in [1.54, 1.807) is 22.7 Å². The Hall–Kier alpha value is -1.76. The quantitative estimate of drug-likeness (QED) is 0.349. The zero-order valence-electron chi connectivity index (χ0n) is 19.7. The second-order valence-electron chi connectivity index (χ2n) is 9.79. The minimum atomic E-state index is -0.154. The summed E-state index contributed by atoms with van der Waals surface area (Å²) in [6.45, 7) is 8.19. The number of aromatic hydroxyl groups is 1. The number of ether oxygens (including phenoxy) is 1. The van der Waals surface area contributed by atoms with E-state index < -0.39 is 0 Å². The number of carbonyl (C=O) groups excluding carboxylic acids is 1. The topological polar surface area (TPSA) is 46.5 Å². The summed E-state index contributed by atoms with van der Waals surface area (Å²) in [6.07, 6.45) is 2.64. The van der Waals surface area contributed by atoms with Gasteiger partial charge in [0.15, 0.2) is 0 Å². The van der Waals surface area contributed by atoms with Crippen molar-refractivity contribution in [3.8, 4) is 5.75 Å². The van der Waals surface area contributed by atoms with Crippen LogP contribution in [-0.4, -0.2) is 17.2 Å². The summed E-state index contributed by atoms with van der Waals surface area (Å²) in [4.78, 5) is 15.5. The second-order valence-corrected chi connectivity index (χ2v) is 13.2. The van der Waals surface area contributed by atoms with Crippen molar-refractivity contribution in [3.63, 3.8) is 0 Å². The minimum absolute atomic E-state index is 0.0651. The van der Waals surface area contributed by atoms with E-state index in [1.165, 1.54) is 9.75 Å². The molecule has 176 valence electrons. The summed E-state index contributed by atoms with van der Waals surface area (Å²) >= 11 is 5.57. The Bertz CT molecular complexity index is 1020. The summed E-state index contributed by atoms with van der Waals surface area (Å²) in [5, 5.41) is 15.4. The Labute approximate surface area is 209 Å². The van der Waals surface area contributed by atoms with Crippen molar-refractivity contribution in [2.75, 3.05) is 0 Å². The minimum Gasteiger partial charge on any atom is -0.507 e. The smallest absolute Gasteiger partial charge is 0.306 e. The van der Waals surface area contributed by atoms with Crippen molar-refractivity contribution in [2.24, 2.45) is 0 Å². The monoisotopic (exact) mass is 500 g/mol. The molecule has 0 saturated carbocycles. The van der Waals surface area contributed by atoms with Gasteiger partial charge in [0, 0.05) is 39.5 Å². The highest BCUT2D eigenvalue weighted by Gasteiger charge is 2.34. The van der Waals surface area contributed by atoms with Gasteiger partial charge in [-0.3, -0.25) is 4.79 Å². The summed E-state index contributed by atoms with van der Waals surface area (Å²) in [5.74, 6) is 0.220. The van der Waals surface area contributed by atoms with Gasteiger partial charge in [-0.15, -0.1) is 34.4 Å². The van der Waals surface area contributed by atoms with Gasteiger partial charge in [-0.25, -0.2) is 0 Å². The van der Waals surface area contributed by atoms with Gasteiger partial charge >= 0.3 is 5.97 Å². The predicted octanol–water partition coefficient (Wildman–Crippen LogP) is 7.98. The lowest BCUT2D eigenvalue weighted by Gasteiger charge is -2.33. The van der Waals surface area contributed by atoms with E-state index in [4.69, 9.17) is 4.74 Å². The fourth-order valence-corrected chi connectivity index (χ4v) is 7.94. The summed E-state index contributed by atoms with van der Waals surface area (Å²) in [6, 6.07) is 12.6. The first-order valence-corrected chi connectivity index (χ1v) is 14.2. The van der Waals surface area contributed by atoms with E-state index >= 15 is 0 Å². The fraction of sp³-hybridized carbons (Fsp3) is 0.444. The van der Waals surface area contributed by atoms with Crippen molar-refractivity contribution in [2.45, 2.75) is 75.4 Å². The number of phenolic OH excluding ortho intramolecular Hbond substituents is 1. The standard InChI is InChI=1S/C27H32O3S3/c1-17-13-18(14-20(26(17)29)27(2,3)4)9-10-25(28)30-19-15-23(21-7-5-11-31-21)33-24(16-19)22-8-6-12-32-22/h5-8,11-14,19,23-24,29H,9-10,15-16H2,1-4H3. The number of carbonyl (C=O) groups is 1. The SMILES string of the molecule is Cc1cc(CCC(=O)OC2CC(c3cccs3)SC(c3cccs3)C2)cc(C(C)(C)C)c1O. The number of benzene rings is 1. The molecule has 1 N–H and O–H groups in total. The van der Waals surface area contributed by atoms with E-state index in [0.29, 0.717) is 29.1 Å². The molecule has 0 spiro atoms. The number of rotatable bonds is 6. The first-order valence-electron chi connectivity index (χ1n) is 11.5. The zero-order chi connectivity index (χ0) is 23.6. The van der Waals surface area contributed by atoms with Gasteiger partial charge in [0.25, 0.3) is 0 Å². The van der Waals surface area contributed by atoms with E-state index in [1.807, 2.05) is 30.8 Å². The molecular formula is C27H32O3S3. The first kappa shape index (κ1) is 24.4. The lowest BCUT2D eigenvalue weighted by molar-refractivity contribution is -0.149. The fourth-order valence-electron chi connectivity index (χ4n) is 4.36. The summed E-state index contributed by atoms with van der Waals surface area (Å²) in [7, 11) is 0. The summed E-state index contributed by atoms with van der Waals surface area (Å²) < 4.78 is 6.03. The molecule has 3 nitrogen and oxygen atoms in total. The van der Waals surface area contributed by atoms with E-state index in [-0.39, 0.29) is 17.5 Å². The third kappa shape index (κ3) is 6.03. The first-order chi connectivity index (χ1) is 15.7. The molecule has 1 aromatic carbocycles. The Morgan fingerprint density at radius 3 is 2.18 bits per heavy atom. The van der Waals surface area contributed by atoms with E-state index in [0.717, 1.165) is 29.5 Å². The molecular weight excluding hydrogens is 468 g/mol. The van der Waals surface area contributed by atoms with Crippen LogP contribution in [0.2, 0.25) is 0 Å². The normalized spacial score (nSPS) is 21.2. The molecule has 2 atom stereocenters. The lowest BCUT2D eigenvalue weighted by Crippen LogP contribution is -2.26. The Kier molecular flexibility index (Phi) is 7.56. The maximum absolute atomic E-state index is 12.8. The molecule has 0 bridgehead atoms. The number of esters is 1. The molecule has 0 amide bonds. The van der Waals surface area contributed by atoms with Crippen LogP contribution in [-0.2, 0) is 21.4 Å². The predicted molar refractivity (Wildman–Crippen MR) is 141 cm³/mol. The molecule has 1 fully saturated rings. The zero-order valence-corrected chi connectivity index (χ0v) is 22.1. The van der Waals surface area contributed by atoms with Gasteiger partial charge in [-0.05, 0) is 58.3 Å². The molecule has 1 saturated heterocycles. The largest absolute Gasteiger partial charge is 0.507 e. The molecule has 1 aliphatic rings. The van der Waals surface area contributed by atoms with Crippen LogP contribution < -0.4 is 0 Å². The van der Waals surface area contributed by atoms with Crippen LogP contribution >= 0.6 is 34.4 Å². The molecule has 2 unspecified atom stereocenters. The van der Waals surface area contributed by atoms with Gasteiger partial charge in [0.1, 0.15) is 11.9 Å². The van der Waals surface area contributed by atoms with Gasteiger partial charge in [0.05, 0.1) is 0 Å². The van der Waals surface area contributed by atoms with Crippen LogP contribution in [0, 0.1) is 6.92 Å². The Balaban J connectivity index is 1.41. The van der Waals surface area contributed by atoms with Crippen LogP contribution in [0.4, 0.5) is 0 Å². The van der Waals surface area contributed by atoms with Gasteiger partial charge in [0.2, 0.25) is 0 Å². The molecule has 2 aromatic heterocycles. The average molecular weight is 501 g/mol. The van der Waals surface area contributed by atoms with E-state index in [2.05, 4.69) is 55.8 Å². The summed E-state index contributed by atoms with van der Waals surface area (Å²) in [5.41, 5.74) is 2.69. The Morgan fingerprint density at radius 1 is 1.06 bits per heavy atom. The van der Waals surface area contributed by atoms with Crippen LogP contribution in [0.1, 0.15) is 77.0 Å². The van der Waals surface area contributed by atoms with Crippen molar-refractivity contribution >= 4 is 40.4 Å². The van der Waals surface area contributed by atoms with E-state index in [9.17, 15) is 9.90 Å². The lowest BCUT2D eigenvalue weighted by atomic mass is 9.83. The van der Waals surface area contributed by atoms with Crippen LogP contribution in [0.3, 0.4) is 0 Å². The highest BCUT2D eigenvalue weighted by Crippen LogP contribution is 2.52. The highest BCUT2D eigenvalue weighted by atomic mass is 32.2. The second kappa shape index (κ2) is 10.2. The number of thiophene rings is 2. The van der Waals surface area contributed by atoms with Crippen molar-refractivity contribution in [1.29, 1.82) is 0 Å². The number of thioether (sulfide) groups is 1. The molecule has 6 heteroatoms. The maximum atomic E-state index is 12.8. The van der Waals surface area contributed by atoms with Gasteiger partial charge in [-0.1, -0.05) is 45.0 Å². The third-order valence-electron chi connectivity index (χ3n) is 6.09. The molecule has 33 heavy (non-hydrogen) atoms. The number of phenols is 1. The van der Waals surface area contributed by atoms with Crippen molar-refractivity contribution < 1.29 is 14.6 Å². The number of aryl methyl sites for hydroxylation is 2. The third-order valence-corrected chi connectivity index (χ3v) is 9.91. The molecule has 0 aliphatic carbocycles. The molecule has 4 rings (SSSR count). The molecule has 3 aromatic rings. The Morgan fingerprint density at radius 2 is 1.67 bits per heavy atom. The van der Waals surface area contributed by atoms with Crippen molar-refractivity contribution in [1.82, 2.24) is 0 Å². The average Bonchev–Trinajstić information content (AvgIpc) is 3.48. The molecule has 3 heterocycles. The molecule has 0 radical (unpaired) electrons. The van der Waals surface area contributed by atoms with Crippen LogP contribution in [0.15, 0.2) is 47.2 Å². The highest BCUT2D eigenvalue weighted by molar-refractivity contribution is 8.00. The number of hydrogen-bond acceptors (Lipinski definition) is 6. The van der Waals surface area contributed by atoms with Gasteiger partial charge < -0.3 is 9.84 Å². The maximum Gasteiger partial charge on any atom is 0.306 e. The van der Waals surface area contributed by atoms with Crippen LogP contribution in [0.5, 0.6) is 5.75 Å². The van der Waals surface area contributed by atoms with Crippen molar-refractivity contribution in [3.05, 3.63) is 73.6 Å². The number of hydrogen-bond donors (Lipinski definition) is 1. The van der Waals surface area contributed by atoms with Gasteiger partial charge in [-0.2, -0.15) is 0 Å². The molecule has 1 aliphatic heterocycles. The van der Waals surface area contributed by atoms with Crippen LogP contribution in [0.25, 0.3) is 0 Å².